The molecular weight excluding hydrogens is 393 g/mol. The van der Waals surface area contributed by atoms with E-state index in [-0.39, 0.29) is 11.3 Å². The third-order valence-corrected chi connectivity index (χ3v) is 5.73. The van der Waals surface area contributed by atoms with E-state index in [9.17, 15) is 19.1 Å². The molecule has 1 atom stereocenters. The molecule has 3 aromatic rings. The van der Waals surface area contributed by atoms with Gasteiger partial charge in [-0.05, 0) is 67.3 Å². The van der Waals surface area contributed by atoms with Crippen molar-refractivity contribution in [1.29, 1.82) is 0 Å². The average Bonchev–Trinajstić information content (AvgIpc) is 3.01. The topological polar surface area (TPSA) is 57.6 Å². The van der Waals surface area contributed by atoms with Gasteiger partial charge in [-0.25, -0.2) is 4.39 Å². The number of hydrogen-bond donors (Lipinski definition) is 1. The molecule has 1 unspecified atom stereocenters. The molecule has 3 aromatic carbocycles. The summed E-state index contributed by atoms with van der Waals surface area (Å²) in [6.07, 6.45) is 0. The molecule has 4 rings (SSSR count). The first kappa shape index (κ1) is 20.5. The first-order valence-electron chi connectivity index (χ1n) is 10.00. The normalized spacial score (nSPS) is 17.9. The minimum atomic E-state index is -0.798. The molecule has 156 valence electrons. The van der Waals surface area contributed by atoms with Crippen molar-refractivity contribution in [2.45, 2.75) is 26.8 Å². The Morgan fingerprint density at radius 1 is 0.871 bits per heavy atom. The Labute approximate surface area is 180 Å². The Morgan fingerprint density at radius 2 is 1.52 bits per heavy atom. The molecule has 0 spiro atoms. The zero-order valence-corrected chi connectivity index (χ0v) is 17.5. The maximum Gasteiger partial charge on any atom is 0.300 e. The van der Waals surface area contributed by atoms with E-state index in [4.69, 9.17) is 0 Å². The molecule has 0 aliphatic carbocycles. The van der Waals surface area contributed by atoms with Crippen molar-refractivity contribution in [2.24, 2.45) is 0 Å². The maximum atomic E-state index is 13.8. The standard InChI is InChI=1S/C26H22FNO3/c1-15-8-4-6-10-19(15)23-22(24(29)18-12-13-20(27)17(3)14-18)25(30)26(31)28(23)21-11-7-5-9-16(21)2/h4-14,23,29H,1-3H3/b24-22+. The van der Waals surface area contributed by atoms with E-state index in [1.54, 1.807) is 19.1 Å². The van der Waals surface area contributed by atoms with Crippen LogP contribution in [0.5, 0.6) is 0 Å². The zero-order valence-electron chi connectivity index (χ0n) is 17.5. The van der Waals surface area contributed by atoms with Crippen LogP contribution < -0.4 is 4.90 Å². The molecule has 1 saturated heterocycles. The van der Waals surface area contributed by atoms with E-state index >= 15 is 0 Å². The lowest BCUT2D eigenvalue weighted by Crippen LogP contribution is -2.30. The zero-order chi connectivity index (χ0) is 22.3. The molecule has 0 radical (unpaired) electrons. The van der Waals surface area contributed by atoms with E-state index in [2.05, 4.69) is 0 Å². The van der Waals surface area contributed by atoms with Crippen molar-refractivity contribution in [1.82, 2.24) is 0 Å². The van der Waals surface area contributed by atoms with Gasteiger partial charge in [0.25, 0.3) is 11.7 Å². The Morgan fingerprint density at radius 3 is 2.16 bits per heavy atom. The number of anilines is 1. The number of Topliss-reactive ketones (excluding diaryl/α,β-unsaturated/α-hetero) is 1. The molecule has 1 fully saturated rings. The number of hydrogen-bond acceptors (Lipinski definition) is 3. The van der Waals surface area contributed by atoms with Crippen molar-refractivity contribution in [3.63, 3.8) is 0 Å². The van der Waals surface area contributed by atoms with Crippen LogP contribution in [0.1, 0.15) is 33.9 Å². The van der Waals surface area contributed by atoms with Crippen LogP contribution in [0.2, 0.25) is 0 Å². The second-order valence-electron chi connectivity index (χ2n) is 7.78. The Hall–Kier alpha value is -3.73. The molecule has 4 nitrogen and oxygen atoms in total. The number of ketones is 1. The molecule has 5 heteroatoms. The summed E-state index contributed by atoms with van der Waals surface area (Å²) in [6.45, 7) is 5.35. The van der Waals surface area contributed by atoms with Crippen LogP contribution in [-0.2, 0) is 9.59 Å². The van der Waals surface area contributed by atoms with E-state index < -0.39 is 23.5 Å². The van der Waals surface area contributed by atoms with Crippen LogP contribution in [0.25, 0.3) is 5.76 Å². The number of aliphatic hydroxyl groups is 1. The Bertz CT molecular complexity index is 1240. The van der Waals surface area contributed by atoms with Crippen LogP contribution in [0.4, 0.5) is 10.1 Å². The van der Waals surface area contributed by atoms with Gasteiger partial charge in [0.15, 0.2) is 0 Å². The lowest BCUT2D eigenvalue weighted by Gasteiger charge is -2.27. The second-order valence-corrected chi connectivity index (χ2v) is 7.78. The average molecular weight is 415 g/mol. The summed E-state index contributed by atoms with van der Waals surface area (Å²) in [5, 5.41) is 11.1. The van der Waals surface area contributed by atoms with Gasteiger partial charge in [0, 0.05) is 11.3 Å². The summed E-state index contributed by atoms with van der Waals surface area (Å²) >= 11 is 0. The maximum absolute atomic E-state index is 13.8. The monoisotopic (exact) mass is 415 g/mol. The van der Waals surface area contributed by atoms with Crippen molar-refractivity contribution in [3.05, 3.63) is 106 Å². The molecule has 1 N–H and O–H groups in total. The number of rotatable bonds is 3. The minimum Gasteiger partial charge on any atom is -0.507 e. The van der Waals surface area contributed by atoms with Gasteiger partial charge in [0.1, 0.15) is 11.6 Å². The minimum absolute atomic E-state index is 0.00596. The number of nitrogens with zero attached hydrogens (tertiary/aromatic N) is 1. The van der Waals surface area contributed by atoms with Gasteiger partial charge in [-0.3, -0.25) is 14.5 Å². The number of aliphatic hydroxyl groups excluding tert-OH is 1. The summed E-state index contributed by atoms with van der Waals surface area (Å²) < 4.78 is 13.8. The highest BCUT2D eigenvalue weighted by Gasteiger charge is 2.47. The van der Waals surface area contributed by atoms with Gasteiger partial charge in [0.05, 0.1) is 11.6 Å². The van der Waals surface area contributed by atoms with Crippen LogP contribution in [-0.4, -0.2) is 16.8 Å². The molecule has 31 heavy (non-hydrogen) atoms. The van der Waals surface area contributed by atoms with E-state index in [1.807, 2.05) is 50.2 Å². The number of halogens is 1. The predicted molar refractivity (Wildman–Crippen MR) is 118 cm³/mol. The Balaban J connectivity index is 2.00. The van der Waals surface area contributed by atoms with Crippen molar-refractivity contribution < 1.29 is 19.1 Å². The quantitative estimate of drug-likeness (QED) is 0.355. The molecule has 0 aromatic heterocycles. The Kier molecular flexibility index (Phi) is 5.19. The van der Waals surface area contributed by atoms with E-state index in [0.717, 1.165) is 16.7 Å². The number of benzene rings is 3. The van der Waals surface area contributed by atoms with Gasteiger partial charge >= 0.3 is 0 Å². The smallest absolute Gasteiger partial charge is 0.300 e. The van der Waals surface area contributed by atoms with Crippen LogP contribution in [0.15, 0.2) is 72.3 Å². The third kappa shape index (κ3) is 3.42. The fourth-order valence-electron chi connectivity index (χ4n) is 4.05. The number of carbonyl (C=O) groups is 2. The van der Waals surface area contributed by atoms with Gasteiger partial charge in [0.2, 0.25) is 0 Å². The molecule has 1 aliphatic rings. The molecule has 1 amide bonds. The molecule has 0 saturated carbocycles. The van der Waals surface area contributed by atoms with Gasteiger partial charge in [-0.15, -0.1) is 0 Å². The summed E-state index contributed by atoms with van der Waals surface area (Å²) in [4.78, 5) is 27.8. The summed E-state index contributed by atoms with van der Waals surface area (Å²) in [5.74, 6) is -2.20. The highest BCUT2D eigenvalue weighted by Crippen LogP contribution is 2.43. The number of aryl methyl sites for hydroxylation is 3. The second kappa shape index (κ2) is 7.84. The lowest BCUT2D eigenvalue weighted by atomic mass is 9.92. The summed E-state index contributed by atoms with van der Waals surface area (Å²) in [5.41, 5.74) is 3.69. The SMILES string of the molecule is Cc1cc(/C(O)=C2\C(=O)C(=O)N(c3ccccc3C)C2c2ccccc2C)ccc1F. The molecular formula is C26H22FNO3. The first-order chi connectivity index (χ1) is 14.8. The predicted octanol–water partition coefficient (Wildman–Crippen LogP) is 5.38. The largest absolute Gasteiger partial charge is 0.507 e. The fraction of sp³-hybridized carbons (Fsp3) is 0.154. The number of carbonyl (C=O) groups excluding carboxylic acids is 2. The first-order valence-corrected chi connectivity index (χ1v) is 10.00. The fourth-order valence-corrected chi connectivity index (χ4v) is 4.05. The lowest BCUT2D eigenvalue weighted by molar-refractivity contribution is -0.132. The van der Waals surface area contributed by atoms with Gasteiger partial charge in [-0.2, -0.15) is 0 Å². The van der Waals surface area contributed by atoms with Crippen LogP contribution >= 0.6 is 0 Å². The van der Waals surface area contributed by atoms with Gasteiger partial charge in [-0.1, -0.05) is 42.5 Å². The summed E-state index contributed by atoms with van der Waals surface area (Å²) in [6, 6.07) is 18.1. The summed E-state index contributed by atoms with van der Waals surface area (Å²) in [7, 11) is 0. The molecule has 0 bridgehead atoms. The van der Waals surface area contributed by atoms with Crippen molar-refractivity contribution in [2.75, 3.05) is 4.90 Å². The van der Waals surface area contributed by atoms with Crippen molar-refractivity contribution in [3.8, 4) is 0 Å². The van der Waals surface area contributed by atoms with Crippen molar-refractivity contribution >= 4 is 23.1 Å². The highest BCUT2D eigenvalue weighted by molar-refractivity contribution is 6.51. The molecule has 1 aliphatic heterocycles. The van der Waals surface area contributed by atoms with E-state index in [1.165, 1.54) is 23.1 Å². The van der Waals surface area contributed by atoms with Crippen LogP contribution in [0.3, 0.4) is 0 Å². The molecule has 1 heterocycles. The number of amides is 1. The number of para-hydroxylation sites is 1. The third-order valence-electron chi connectivity index (χ3n) is 5.73. The highest BCUT2D eigenvalue weighted by atomic mass is 19.1. The van der Waals surface area contributed by atoms with E-state index in [0.29, 0.717) is 16.8 Å². The van der Waals surface area contributed by atoms with Gasteiger partial charge < -0.3 is 5.11 Å². The van der Waals surface area contributed by atoms with Crippen LogP contribution in [0, 0.1) is 26.6 Å².